The van der Waals surface area contributed by atoms with Gasteiger partial charge in [0.15, 0.2) is 0 Å². The van der Waals surface area contributed by atoms with E-state index in [1.807, 2.05) is 30.3 Å². The number of rotatable bonds is 5. The molecule has 0 aliphatic heterocycles. The summed E-state index contributed by atoms with van der Waals surface area (Å²) in [6.07, 6.45) is 0.650. The van der Waals surface area contributed by atoms with E-state index in [4.69, 9.17) is 5.73 Å². The van der Waals surface area contributed by atoms with Gasteiger partial charge in [-0.25, -0.2) is 4.39 Å². The quantitative estimate of drug-likeness (QED) is 0.887. The zero-order chi connectivity index (χ0) is 15.2. The third-order valence-corrected chi connectivity index (χ3v) is 3.39. The summed E-state index contributed by atoms with van der Waals surface area (Å²) < 4.78 is 13.3. The molecule has 2 aromatic rings. The second-order valence-electron chi connectivity index (χ2n) is 5.06. The SMILES string of the molecule is Cc1ccc(F)cc1C(=O)NC(CN)Cc1ccccc1. The third-order valence-electron chi connectivity index (χ3n) is 3.39. The smallest absolute Gasteiger partial charge is 0.251 e. The van der Waals surface area contributed by atoms with Crippen LogP contribution in [0.3, 0.4) is 0 Å². The first kappa shape index (κ1) is 15.2. The molecule has 21 heavy (non-hydrogen) atoms. The predicted octanol–water partition coefficient (Wildman–Crippen LogP) is 2.43. The van der Waals surface area contributed by atoms with Crippen LogP contribution in [-0.4, -0.2) is 18.5 Å². The minimum atomic E-state index is -0.418. The lowest BCUT2D eigenvalue weighted by molar-refractivity contribution is 0.0937. The third kappa shape index (κ3) is 4.13. The van der Waals surface area contributed by atoms with Gasteiger partial charge in [0.2, 0.25) is 0 Å². The lowest BCUT2D eigenvalue weighted by Crippen LogP contribution is -2.42. The van der Waals surface area contributed by atoms with Gasteiger partial charge in [-0.3, -0.25) is 4.79 Å². The highest BCUT2D eigenvalue weighted by atomic mass is 19.1. The van der Waals surface area contributed by atoms with Crippen molar-refractivity contribution in [3.05, 3.63) is 71.0 Å². The molecule has 0 bridgehead atoms. The van der Waals surface area contributed by atoms with Gasteiger partial charge in [-0.2, -0.15) is 0 Å². The molecule has 0 saturated carbocycles. The highest BCUT2D eigenvalue weighted by Gasteiger charge is 2.15. The molecule has 2 aromatic carbocycles. The fourth-order valence-electron chi connectivity index (χ4n) is 2.19. The molecule has 3 nitrogen and oxygen atoms in total. The van der Waals surface area contributed by atoms with Crippen LogP contribution in [0.2, 0.25) is 0 Å². The van der Waals surface area contributed by atoms with E-state index in [1.165, 1.54) is 12.1 Å². The van der Waals surface area contributed by atoms with Crippen LogP contribution in [-0.2, 0) is 6.42 Å². The van der Waals surface area contributed by atoms with Gasteiger partial charge < -0.3 is 11.1 Å². The molecule has 0 spiro atoms. The molecule has 110 valence electrons. The highest BCUT2D eigenvalue weighted by Crippen LogP contribution is 2.11. The maximum absolute atomic E-state index is 13.3. The first-order valence-corrected chi connectivity index (χ1v) is 6.91. The Kier molecular flexibility index (Phi) is 5.06. The monoisotopic (exact) mass is 286 g/mol. The van der Waals surface area contributed by atoms with Crippen molar-refractivity contribution in [1.29, 1.82) is 0 Å². The Morgan fingerprint density at radius 1 is 1.24 bits per heavy atom. The van der Waals surface area contributed by atoms with Gasteiger partial charge in [0.05, 0.1) is 0 Å². The number of nitrogens with one attached hydrogen (secondary N) is 1. The number of carbonyl (C=O) groups is 1. The van der Waals surface area contributed by atoms with E-state index in [9.17, 15) is 9.18 Å². The molecule has 0 aliphatic carbocycles. The van der Waals surface area contributed by atoms with Crippen LogP contribution < -0.4 is 11.1 Å². The van der Waals surface area contributed by atoms with Gasteiger partial charge in [0.1, 0.15) is 5.82 Å². The number of nitrogens with two attached hydrogens (primary N) is 1. The molecule has 0 fully saturated rings. The number of carbonyl (C=O) groups excluding carboxylic acids is 1. The molecule has 1 amide bonds. The maximum atomic E-state index is 13.3. The molecule has 2 rings (SSSR count). The molecule has 0 heterocycles. The zero-order valence-electron chi connectivity index (χ0n) is 12.0. The summed E-state index contributed by atoms with van der Waals surface area (Å²) in [5, 5.41) is 2.87. The van der Waals surface area contributed by atoms with Crippen molar-refractivity contribution in [2.75, 3.05) is 6.54 Å². The molecular weight excluding hydrogens is 267 g/mol. The fourth-order valence-corrected chi connectivity index (χ4v) is 2.19. The topological polar surface area (TPSA) is 55.1 Å². The second kappa shape index (κ2) is 6.99. The van der Waals surface area contributed by atoms with Crippen LogP contribution in [0.1, 0.15) is 21.5 Å². The predicted molar refractivity (Wildman–Crippen MR) is 81.6 cm³/mol. The lowest BCUT2D eigenvalue weighted by Gasteiger charge is -2.17. The summed E-state index contributed by atoms with van der Waals surface area (Å²) in [6, 6.07) is 13.8. The van der Waals surface area contributed by atoms with Crippen LogP contribution in [0.25, 0.3) is 0 Å². The van der Waals surface area contributed by atoms with Crippen LogP contribution >= 0.6 is 0 Å². The van der Waals surface area contributed by atoms with Gasteiger partial charge in [-0.05, 0) is 36.6 Å². The normalized spacial score (nSPS) is 12.0. The summed E-state index contributed by atoms with van der Waals surface area (Å²) in [4.78, 5) is 12.2. The molecule has 1 unspecified atom stereocenters. The minimum Gasteiger partial charge on any atom is -0.348 e. The van der Waals surface area contributed by atoms with E-state index < -0.39 is 5.82 Å². The van der Waals surface area contributed by atoms with Gasteiger partial charge in [-0.1, -0.05) is 36.4 Å². The maximum Gasteiger partial charge on any atom is 0.251 e. The standard InChI is InChI=1S/C17H19FN2O/c1-12-7-8-14(18)10-16(12)17(21)20-15(11-19)9-13-5-3-2-4-6-13/h2-8,10,15H,9,11,19H2,1H3,(H,20,21). The number of benzene rings is 2. The van der Waals surface area contributed by atoms with Gasteiger partial charge in [-0.15, -0.1) is 0 Å². The summed E-state index contributed by atoms with van der Waals surface area (Å²) in [7, 11) is 0. The molecular formula is C17H19FN2O. The van der Waals surface area contributed by atoms with E-state index in [0.717, 1.165) is 11.1 Å². The first-order valence-electron chi connectivity index (χ1n) is 6.91. The van der Waals surface area contributed by atoms with Crippen molar-refractivity contribution < 1.29 is 9.18 Å². The van der Waals surface area contributed by atoms with Crippen LogP contribution in [0.5, 0.6) is 0 Å². The number of halogens is 1. The molecule has 3 N–H and O–H groups in total. The Hall–Kier alpha value is -2.20. The van der Waals surface area contributed by atoms with Crippen LogP contribution in [0.4, 0.5) is 4.39 Å². The van der Waals surface area contributed by atoms with E-state index in [0.29, 0.717) is 18.5 Å². The Bertz CT molecular complexity index is 613. The Labute approximate surface area is 124 Å². The molecule has 1 atom stereocenters. The summed E-state index contributed by atoms with van der Waals surface area (Å²) in [5.41, 5.74) is 7.92. The van der Waals surface area contributed by atoms with Crippen molar-refractivity contribution in [2.45, 2.75) is 19.4 Å². The number of amides is 1. The van der Waals surface area contributed by atoms with Crippen molar-refractivity contribution in [1.82, 2.24) is 5.32 Å². The van der Waals surface area contributed by atoms with Gasteiger partial charge in [0, 0.05) is 18.2 Å². The summed E-state index contributed by atoms with van der Waals surface area (Å²) in [6.45, 7) is 2.11. The van der Waals surface area contributed by atoms with Crippen molar-refractivity contribution in [3.8, 4) is 0 Å². The zero-order valence-corrected chi connectivity index (χ0v) is 12.0. The van der Waals surface area contributed by atoms with Gasteiger partial charge >= 0.3 is 0 Å². The summed E-state index contributed by atoms with van der Waals surface area (Å²) >= 11 is 0. The largest absolute Gasteiger partial charge is 0.348 e. The molecule has 0 radical (unpaired) electrons. The molecule has 0 aliphatic rings. The summed E-state index contributed by atoms with van der Waals surface area (Å²) in [5.74, 6) is -0.712. The van der Waals surface area contributed by atoms with Crippen molar-refractivity contribution in [3.63, 3.8) is 0 Å². The number of aryl methyl sites for hydroxylation is 1. The average molecular weight is 286 g/mol. The fraction of sp³-hybridized carbons (Fsp3) is 0.235. The minimum absolute atomic E-state index is 0.178. The Morgan fingerprint density at radius 3 is 2.62 bits per heavy atom. The molecule has 0 saturated heterocycles. The van der Waals surface area contributed by atoms with E-state index >= 15 is 0 Å². The van der Waals surface area contributed by atoms with E-state index in [-0.39, 0.29) is 11.9 Å². The molecule has 4 heteroatoms. The van der Waals surface area contributed by atoms with Crippen molar-refractivity contribution >= 4 is 5.91 Å². The lowest BCUT2D eigenvalue weighted by atomic mass is 10.0. The van der Waals surface area contributed by atoms with Crippen molar-refractivity contribution in [2.24, 2.45) is 5.73 Å². The highest BCUT2D eigenvalue weighted by molar-refractivity contribution is 5.95. The number of hydrogen-bond acceptors (Lipinski definition) is 2. The molecule has 0 aromatic heterocycles. The van der Waals surface area contributed by atoms with Crippen LogP contribution in [0.15, 0.2) is 48.5 Å². The van der Waals surface area contributed by atoms with Gasteiger partial charge in [0.25, 0.3) is 5.91 Å². The van der Waals surface area contributed by atoms with E-state index in [1.54, 1.807) is 13.0 Å². The Balaban J connectivity index is 2.07. The second-order valence-corrected chi connectivity index (χ2v) is 5.06. The van der Waals surface area contributed by atoms with E-state index in [2.05, 4.69) is 5.32 Å². The first-order chi connectivity index (χ1) is 10.1. The Morgan fingerprint density at radius 2 is 1.95 bits per heavy atom. The van der Waals surface area contributed by atoms with Crippen LogP contribution in [0, 0.1) is 12.7 Å². The number of hydrogen-bond donors (Lipinski definition) is 2. The average Bonchev–Trinajstić information content (AvgIpc) is 2.50.